The zero-order chi connectivity index (χ0) is 14.7. The largest absolute Gasteiger partial charge is 0.443 e. The van der Waals surface area contributed by atoms with Crippen LogP contribution in [0.2, 0.25) is 0 Å². The Balaban J connectivity index is 1.60. The molecule has 0 spiro atoms. The predicted octanol–water partition coefficient (Wildman–Crippen LogP) is 2.80. The molecule has 1 fully saturated rings. The topological polar surface area (TPSA) is 47.4 Å². The molecule has 0 radical (unpaired) electrons. The lowest BCUT2D eigenvalue weighted by Gasteiger charge is -2.11. The number of likely N-dealkylation sites (N-methyl/N-ethyl adjacent to an activating group) is 1. The first-order valence-electron chi connectivity index (χ1n) is 6.87. The molecule has 6 heteroatoms. The van der Waals surface area contributed by atoms with E-state index in [0.29, 0.717) is 0 Å². The Morgan fingerprint density at radius 1 is 1.48 bits per heavy atom. The molecule has 0 amide bonds. The van der Waals surface area contributed by atoms with E-state index in [-0.39, 0.29) is 6.10 Å². The van der Waals surface area contributed by atoms with Crippen molar-refractivity contribution in [2.45, 2.75) is 12.5 Å². The summed E-state index contributed by atoms with van der Waals surface area (Å²) in [4.78, 5) is 15.3. The molecule has 110 valence electrons. The Morgan fingerprint density at radius 3 is 3.10 bits per heavy atom. The highest BCUT2D eigenvalue weighted by molar-refractivity contribution is 7.10. The molecule has 21 heavy (non-hydrogen) atoms. The highest BCUT2D eigenvalue weighted by atomic mass is 32.1. The molecular weight excluding hydrogens is 286 g/mol. The first-order valence-corrected chi connectivity index (χ1v) is 7.75. The van der Waals surface area contributed by atoms with Crippen LogP contribution in [0.3, 0.4) is 0 Å². The van der Waals surface area contributed by atoms with Crippen LogP contribution in [0.4, 0.5) is 4.79 Å². The van der Waals surface area contributed by atoms with Crippen molar-refractivity contribution in [3.63, 3.8) is 0 Å². The van der Waals surface area contributed by atoms with Crippen molar-refractivity contribution in [1.82, 2.24) is 14.7 Å². The van der Waals surface area contributed by atoms with Crippen molar-refractivity contribution in [1.29, 1.82) is 0 Å². The van der Waals surface area contributed by atoms with Crippen molar-refractivity contribution in [3.05, 3.63) is 40.3 Å². The van der Waals surface area contributed by atoms with Crippen molar-refractivity contribution < 1.29 is 9.53 Å². The molecule has 1 unspecified atom stereocenters. The number of hydrogen-bond donors (Lipinski definition) is 0. The molecule has 2 aromatic rings. The maximum Gasteiger partial charge on any atom is 0.435 e. The minimum absolute atomic E-state index is 0.0307. The second kappa shape index (κ2) is 6.24. The predicted molar refractivity (Wildman–Crippen MR) is 83.3 cm³/mol. The van der Waals surface area contributed by atoms with Crippen LogP contribution in [0.5, 0.6) is 0 Å². The summed E-state index contributed by atoms with van der Waals surface area (Å²) in [5.74, 6) is 0. The van der Waals surface area contributed by atoms with Gasteiger partial charge in [0.25, 0.3) is 0 Å². The maximum atomic E-state index is 12.0. The number of carbonyl (C=O) groups excluding carboxylic acids is 1. The van der Waals surface area contributed by atoms with E-state index in [1.807, 2.05) is 36.7 Å². The molecule has 5 nitrogen and oxygen atoms in total. The third kappa shape index (κ3) is 3.59. The lowest BCUT2D eigenvalue weighted by atomic mass is 10.3. The smallest absolute Gasteiger partial charge is 0.435 e. The highest BCUT2D eigenvalue weighted by Crippen LogP contribution is 2.13. The summed E-state index contributed by atoms with van der Waals surface area (Å²) in [7, 11) is 2.02. The number of likely N-dealkylation sites (tertiary alicyclic amines) is 1. The van der Waals surface area contributed by atoms with Crippen LogP contribution in [0.15, 0.2) is 29.8 Å². The van der Waals surface area contributed by atoms with Crippen molar-refractivity contribution in [3.8, 4) is 0 Å². The van der Waals surface area contributed by atoms with E-state index >= 15 is 0 Å². The Morgan fingerprint density at radius 2 is 2.38 bits per heavy atom. The van der Waals surface area contributed by atoms with Crippen molar-refractivity contribution in [2.75, 3.05) is 20.1 Å². The van der Waals surface area contributed by atoms with Gasteiger partial charge in [-0.05, 0) is 43.1 Å². The summed E-state index contributed by atoms with van der Waals surface area (Å²) in [5.41, 5.74) is 0.740. The Bertz CT molecular complexity index is 633. The highest BCUT2D eigenvalue weighted by Gasteiger charge is 2.23. The molecule has 1 aliphatic heterocycles. The molecule has 0 aliphatic carbocycles. The zero-order valence-corrected chi connectivity index (χ0v) is 12.6. The fourth-order valence-electron chi connectivity index (χ4n) is 2.27. The van der Waals surface area contributed by atoms with Crippen LogP contribution >= 0.6 is 11.3 Å². The SMILES string of the molecule is CN1CCC(OC(=O)n2ccc(/C=C/c3cccs3)n2)C1. The van der Waals surface area contributed by atoms with Crippen LogP contribution in [-0.4, -0.2) is 47.0 Å². The maximum absolute atomic E-state index is 12.0. The molecule has 1 aliphatic rings. The third-order valence-corrected chi connectivity index (χ3v) is 4.21. The van der Waals surface area contributed by atoms with E-state index in [1.165, 1.54) is 4.68 Å². The summed E-state index contributed by atoms with van der Waals surface area (Å²) >= 11 is 1.66. The van der Waals surface area contributed by atoms with E-state index in [4.69, 9.17) is 4.74 Å². The molecule has 2 aromatic heterocycles. The summed E-state index contributed by atoms with van der Waals surface area (Å²) in [6.45, 7) is 1.75. The second-order valence-corrected chi connectivity index (χ2v) is 6.07. The fourth-order valence-corrected chi connectivity index (χ4v) is 2.89. The fraction of sp³-hybridized carbons (Fsp3) is 0.333. The summed E-state index contributed by atoms with van der Waals surface area (Å²) < 4.78 is 6.69. The average molecular weight is 303 g/mol. The van der Waals surface area contributed by atoms with Gasteiger partial charge in [0.1, 0.15) is 6.10 Å². The molecule has 0 saturated carbocycles. The van der Waals surface area contributed by atoms with Crippen LogP contribution in [0.25, 0.3) is 12.2 Å². The van der Waals surface area contributed by atoms with Gasteiger partial charge in [0, 0.05) is 24.2 Å². The van der Waals surface area contributed by atoms with Crippen molar-refractivity contribution >= 4 is 29.6 Å². The van der Waals surface area contributed by atoms with Gasteiger partial charge in [0.05, 0.1) is 5.69 Å². The minimum atomic E-state index is -0.411. The van der Waals surface area contributed by atoms with E-state index in [9.17, 15) is 4.79 Å². The van der Waals surface area contributed by atoms with Gasteiger partial charge < -0.3 is 9.64 Å². The van der Waals surface area contributed by atoms with Gasteiger partial charge >= 0.3 is 6.09 Å². The number of hydrogen-bond acceptors (Lipinski definition) is 5. The molecule has 1 atom stereocenters. The van der Waals surface area contributed by atoms with Gasteiger partial charge in [0.15, 0.2) is 0 Å². The third-order valence-electron chi connectivity index (χ3n) is 3.37. The van der Waals surface area contributed by atoms with Crippen LogP contribution in [0.1, 0.15) is 17.0 Å². The molecule has 3 heterocycles. The van der Waals surface area contributed by atoms with Gasteiger partial charge in [-0.3, -0.25) is 0 Å². The monoisotopic (exact) mass is 303 g/mol. The quantitative estimate of drug-likeness (QED) is 0.875. The van der Waals surface area contributed by atoms with E-state index in [2.05, 4.69) is 10.00 Å². The number of rotatable bonds is 3. The number of carbonyl (C=O) groups is 1. The molecule has 0 N–H and O–H groups in total. The lowest BCUT2D eigenvalue weighted by Crippen LogP contribution is -2.25. The minimum Gasteiger partial charge on any atom is -0.443 e. The van der Waals surface area contributed by atoms with Gasteiger partial charge in [0.2, 0.25) is 0 Å². The van der Waals surface area contributed by atoms with Gasteiger partial charge in [-0.2, -0.15) is 9.78 Å². The number of thiophene rings is 1. The van der Waals surface area contributed by atoms with Crippen LogP contribution in [-0.2, 0) is 4.74 Å². The standard InChI is InChI=1S/C15H17N3O2S/c1-17-8-7-13(11-17)20-15(19)18-9-6-12(16-18)4-5-14-3-2-10-21-14/h2-6,9-10,13H,7-8,11H2,1H3/b5-4+. The summed E-state index contributed by atoms with van der Waals surface area (Å²) in [5, 5.41) is 6.24. The number of ether oxygens (including phenoxy) is 1. The average Bonchev–Trinajstić information content (AvgIpc) is 3.17. The molecule has 1 saturated heterocycles. The number of aromatic nitrogens is 2. The molecule has 0 aromatic carbocycles. The molecule has 0 bridgehead atoms. The first-order chi connectivity index (χ1) is 10.2. The second-order valence-electron chi connectivity index (χ2n) is 5.09. The van der Waals surface area contributed by atoms with Crippen LogP contribution < -0.4 is 0 Å². The van der Waals surface area contributed by atoms with E-state index in [0.717, 1.165) is 30.1 Å². The number of nitrogens with zero attached hydrogens (tertiary/aromatic N) is 3. The van der Waals surface area contributed by atoms with Crippen LogP contribution in [0, 0.1) is 0 Å². The zero-order valence-electron chi connectivity index (χ0n) is 11.8. The molecule has 3 rings (SSSR count). The summed E-state index contributed by atoms with van der Waals surface area (Å²) in [6, 6.07) is 5.83. The van der Waals surface area contributed by atoms with Crippen molar-refractivity contribution in [2.24, 2.45) is 0 Å². The Labute approximate surface area is 127 Å². The normalized spacial score (nSPS) is 19.4. The van der Waals surface area contributed by atoms with Gasteiger partial charge in [-0.15, -0.1) is 11.3 Å². The Kier molecular flexibility index (Phi) is 4.17. The first kappa shape index (κ1) is 14.0. The summed E-state index contributed by atoms with van der Waals surface area (Å²) in [6.07, 6.45) is 5.94. The van der Waals surface area contributed by atoms with E-state index < -0.39 is 6.09 Å². The van der Waals surface area contributed by atoms with Gasteiger partial charge in [-0.25, -0.2) is 4.79 Å². The molecular formula is C15H17N3O2S. The van der Waals surface area contributed by atoms with Gasteiger partial charge in [-0.1, -0.05) is 6.07 Å². The van der Waals surface area contributed by atoms with E-state index in [1.54, 1.807) is 23.6 Å². The lowest BCUT2D eigenvalue weighted by molar-refractivity contribution is 0.101. The Hall–Kier alpha value is -1.92.